The number of nitrogens with zero attached hydrogens (tertiary/aromatic N) is 4. The Balaban J connectivity index is 1.94. The van der Waals surface area contributed by atoms with Crippen molar-refractivity contribution >= 4 is 28.8 Å². The lowest BCUT2D eigenvalue weighted by Gasteiger charge is -2.18. The van der Waals surface area contributed by atoms with Gasteiger partial charge in [-0.3, -0.25) is 14.9 Å². The van der Waals surface area contributed by atoms with Gasteiger partial charge in [-0.1, -0.05) is 26.0 Å². The van der Waals surface area contributed by atoms with Gasteiger partial charge in [-0.2, -0.15) is 9.78 Å². The van der Waals surface area contributed by atoms with Gasteiger partial charge in [0.15, 0.2) is 17.7 Å². The minimum atomic E-state index is -1.37. The summed E-state index contributed by atoms with van der Waals surface area (Å²) in [5.41, 5.74) is 2.14. The first-order chi connectivity index (χ1) is 20.5. The van der Waals surface area contributed by atoms with Crippen molar-refractivity contribution in [2.75, 3.05) is 13.7 Å². The van der Waals surface area contributed by atoms with Crippen LogP contribution in [0.1, 0.15) is 50.3 Å². The van der Waals surface area contributed by atoms with Crippen LogP contribution < -0.4 is 19.8 Å². The zero-order chi connectivity index (χ0) is 31.4. The minimum absolute atomic E-state index is 0.0723. The number of hydrogen-bond donors (Lipinski definition) is 1. The summed E-state index contributed by atoms with van der Waals surface area (Å²) >= 11 is 0. The molecule has 12 heteroatoms. The number of hydrogen-bond acceptors (Lipinski definition) is 9. The molecule has 0 bridgehead atoms. The molecule has 0 radical (unpaired) electrons. The number of para-hydroxylation sites is 1. The maximum atomic E-state index is 13.8. The van der Waals surface area contributed by atoms with E-state index in [-0.39, 0.29) is 28.8 Å². The van der Waals surface area contributed by atoms with Crippen LogP contribution in [0.4, 0.5) is 5.69 Å². The number of aryl methyl sites for hydroxylation is 1. The van der Waals surface area contributed by atoms with Crippen LogP contribution in [0.15, 0.2) is 58.4 Å². The molecule has 0 aliphatic heterocycles. The molecule has 224 valence electrons. The topological polar surface area (TPSA) is 155 Å². The molecular formula is C31H32N4O8. The van der Waals surface area contributed by atoms with Crippen LogP contribution in [0.25, 0.3) is 22.3 Å². The van der Waals surface area contributed by atoms with Gasteiger partial charge in [0.1, 0.15) is 5.75 Å². The van der Waals surface area contributed by atoms with Crippen LogP contribution in [-0.4, -0.2) is 51.7 Å². The zero-order valence-electron chi connectivity index (χ0n) is 24.7. The molecule has 1 aromatic heterocycles. The number of fused-ring (bicyclic) bond motifs is 1. The average molecular weight is 589 g/mol. The van der Waals surface area contributed by atoms with E-state index in [2.05, 4.69) is 5.10 Å². The molecule has 1 atom stereocenters. The third-order valence-electron chi connectivity index (χ3n) is 6.71. The Bertz CT molecular complexity index is 1800. The predicted octanol–water partition coefficient (Wildman–Crippen LogP) is 5.54. The smallest absolute Gasteiger partial charge is 0.344 e. The number of methoxy groups -OCH3 is 1. The van der Waals surface area contributed by atoms with Crippen molar-refractivity contribution in [2.45, 2.75) is 46.6 Å². The van der Waals surface area contributed by atoms with Crippen LogP contribution in [0, 0.1) is 17.0 Å². The number of carboxylic acids is 1. The number of nitro groups is 1. The third-order valence-corrected chi connectivity index (χ3v) is 6.71. The minimum Gasteiger partial charge on any atom is -0.494 e. The summed E-state index contributed by atoms with van der Waals surface area (Å²) in [6.45, 7) is 9.63. The molecular weight excluding hydrogens is 556 g/mol. The fraction of sp³-hybridized carbons (Fsp3) is 0.290. The largest absolute Gasteiger partial charge is 0.494 e. The lowest BCUT2D eigenvalue weighted by atomic mass is 9.96. The van der Waals surface area contributed by atoms with Crippen molar-refractivity contribution in [3.63, 3.8) is 0 Å². The Kier molecular flexibility index (Phi) is 9.08. The standard InChI is InChI=1S/C31H32N4O8/c1-7-42-26-12-18(4)23(15-22(26)17(2)3)29-33-24-11-9-8-10-21(24)30(36)34(29)32-16-20-13-25(35(39)40)28(27(14-20)41-6)43-19(5)31(37)38/h8-17,19H,7H2,1-6H3,(H,37,38)/t19-/m1/s1. The SMILES string of the molecule is CCOc1cc(C)c(-c2nc3ccccc3c(=O)n2N=Cc2cc(OC)c(O[C@H](C)C(=O)O)c([N+](=O)[O-])c2)cc1C(C)C. The lowest BCUT2D eigenvalue weighted by molar-refractivity contribution is -0.386. The van der Waals surface area contributed by atoms with E-state index < -0.39 is 28.2 Å². The first kappa shape index (κ1) is 30.7. The fourth-order valence-corrected chi connectivity index (χ4v) is 4.52. The number of aromatic nitrogens is 2. The second-order valence-corrected chi connectivity index (χ2v) is 10.0. The second-order valence-electron chi connectivity index (χ2n) is 10.0. The van der Waals surface area contributed by atoms with Crippen molar-refractivity contribution in [1.29, 1.82) is 0 Å². The summed E-state index contributed by atoms with van der Waals surface area (Å²) in [5.74, 6) is -0.576. The van der Waals surface area contributed by atoms with E-state index >= 15 is 0 Å². The predicted molar refractivity (Wildman–Crippen MR) is 162 cm³/mol. The molecule has 0 unspecified atom stereocenters. The summed E-state index contributed by atoms with van der Waals surface area (Å²) in [4.78, 5) is 41.1. The fourth-order valence-electron chi connectivity index (χ4n) is 4.52. The van der Waals surface area contributed by atoms with Gasteiger partial charge in [-0.15, -0.1) is 0 Å². The van der Waals surface area contributed by atoms with E-state index in [1.54, 1.807) is 24.3 Å². The third kappa shape index (κ3) is 6.32. The summed E-state index contributed by atoms with van der Waals surface area (Å²) in [7, 11) is 1.27. The molecule has 0 saturated heterocycles. The molecule has 0 fully saturated rings. The normalized spacial score (nSPS) is 12.1. The molecule has 0 saturated carbocycles. The number of nitro benzene ring substituents is 1. The van der Waals surface area contributed by atoms with E-state index in [9.17, 15) is 24.8 Å². The Morgan fingerprint density at radius 2 is 1.88 bits per heavy atom. The lowest BCUT2D eigenvalue weighted by Crippen LogP contribution is -2.23. The molecule has 4 aromatic rings. The summed E-state index contributed by atoms with van der Waals surface area (Å²) in [5, 5.41) is 25.9. The number of ether oxygens (including phenoxy) is 3. The van der Waals surface area contributed by atoms with Gasteiger partial charge >= 0.3 is 11.7 Å². The number of carboxylic acid groups (broad SMARTS) is 1. The van der Waals surface area contributed by atoms with Crippen molar-refractivity contribution in [1.82, 2.24) is 9.66 Å². The van der Waals surface area contributed by atoms with E-state index in [0.717, 1.165) is 27.6 Å². The average Bonchev–Trinajstić information content (AvgIpc) is 2.96. The van der Waals surface area contributed by atoms with Crippen molar-refractivity contribution in [3.05, 3.63) is 85.7 Å². The number of carbonyl (C=O) groups is 1. The molecule has 12 nitrogen and oxygen atoms in total. The van der Waals surface area contributed by atoms with E-state index in [0.29, 0.717) is 23.1 Å². The highest BCUT2D eigenvalue weighted by Crippen LogP contribution is 2.39. The molecule has 0 amide bonds. The zero-order valence-corrected chi connectivity index (χ0v) is 24.7. The van der Waals surface area contributed by atoms with Gasteiger partial charge in [0, 0.05) is 17.2 Å². The summed E-state index contributed by atoms with van der Waals surface area (Å²) in [6, 6.07) is 13.3. The summed E-state index contributed by atoms with van der Waals surface area (Å²) < 4.78 is 17.7. The monoisotopic (exact) mass is 588 g/mol. The molecule has 1 N–H and O–H groups in total. The first-order valence-electron chi connectivity index (χ1n) is 13.6. The van der Waals surface area contributed by atoms with Crippen molar-refractivity contribution < 1.29 is 29.0 Å². The molecule has 0 aliphatic rings. The Hall–Kier alpha value is -5.26. The van der Waals surface area contributed by atoms with Crippen LogP contribution in [0.5, 0.6) is 17.2 Å². The van der Waals surface area contributed by atoms with Gasteiger partial charge < -0.3 is 19.3 Å². The quantitative estimate of drug-likeness (QED) is 0.135. The second kappa shape index (κ2) is 12.7. The maximum absolute atomic E-state index is 13.8. The maximum Gasteiger partial charge on any atom is 0.344 e. The van der Waals surface area contributed by atoms with Crippen LogP contribution in [0.2, 0.25) is 0 Å². The molecule has 43 heavy (non-hydrogen) atoms. The van der Waals surface area contributed by atoms with E-state index in [1.807, 2.05) is 39.8 Å². The van der Waals surface area contributed by atoms with Gasteiger partial charge in [0.05, 0.1) is 35.8 Å². The van der Waals surface area contributed by atoms with Gasteiger partial charge in [-0.25, -0.2) is 9.78 Å². The van der Waals surface area contributed by atoms with Crippen molar-refractivity contribution in [3.8, 4) is 28.6 Å². The van der Waals surface area contributed by atoms with Crippen LogP contribution in [0.3, 0.4) is 0 Å². The Morgan fingerprint density at radius 1 is 1.16 bits per heavy atom. The molecule has 0 aliphatic carbocycles. The van der Waals surface area contributed by atoms with Gasteiger partial charge in [0.2, 0.25) is 5.75 Å². The van der Waals surface area contributed by atoms with Crippen LogP contribution >= 0.6 is 0 Å². The van der Waals surface area contributed by atoms with Crippen LogP contribution in [-0.2, 0) is 4.79 Å². The van der Waals surface area contributed by atoms with E-state index in [4.69, 9.17) is 19.2 Å². The highest BCUT2D eigenvalue weighted by Gasteiger charge is 2.26. The number of benzene rings is 3. The number of rotatable bonds is 11. The van der Waals surface area contributed by atoms with Crippen molar-refractivity contribution in [2.24, 2.45) is 5.10 Å². The molecule has 1 heterocycles. The summed E-state index contributed by atoms with van der Waals surface area (Å²) in [6.07, 6.45) is -0.0980. The highest BCUT2D eigenvalue weighted by molar-refractivity contribution is 5.85. The molecule has 0 spiro atoms. The first-order valence-corrected chi connectivity index (χ1v) is 13.6. The molecule has 4 rings (SSSR count). The van der Waals surface area contributed by atoms with E-state index in [1.165, 1.54) is 26.3 Å². The highest BCUT2D eigenvalue weighted by atomic mass is 16.6. The Morgan fingerprint density at radius 3 is 2.51 bits per heavy atom. The van der Waals surface area contributed by atoms with Gasteiger partial charge in [-0.05, 0) is 68.1 Å². The molecule has 3 aromatic carbocycles. The number of aliphatic carboxylic acids is 1. The Labute approximate surface area is 247 Å². The van der Waals surface area contributed by atoms with Gasteiger partial charge in [0.25, 0.3) is 5.56 Å².